The van der Waals surface area contributed by atoms with E-state index >= 15 is 0 Å². The van der Waals surface area contributed by atoms with Gasteiger partial charge in [-0.3, -0.25) is 4.90 Å². The molecule has 0 radical (unpaired) electrons. The van der Waals surface area contributed by atoms with Gasteiger partial charge in [0.15, 0.2) is 0 Å². The van der Waals surface area contributed by atoms with Crippen LogP contribution in [0.2, 0.25) is 0 Å². The van der Waals surface area contributed by atoms with Crippen LogP contribution in [0.3, 0.4) is 0 Å². The molecule has 2 saturated carbocycles. The van der Waals surface area contributed by atoms with Crippen molar-refractivity contribution in [2.75, 3.05) is 39.3 Å². The van der Waals surface area contributed by atoms with Gasteiger partial charge in [-0.05, 0) is 143 Å². The topological polar surface area (TPSA) is 15.7 Å². The first kappa shape index (κ1) is 21.5. The summed E-state index contributed by atoms with van der Waals surface area (Å²) >= 11 is 0. The summed E-state index contributed by atoms with van der Waals surface area (Å²) in [6, 6.07) is 8.01. The first-order valence-electron chi connectivity index (χ1n) is 13.9. The fraction of sp³-hybridized carbons (Fsp3) is 0.793. The minimum atomic E-state index is 0.571. The Balaban J connectivity index is 1.10. The first-order valence-corrected chi connectivity index (χ1v) is 13.9. The van der Waals surface area contributed by atoms with Crippen molar-refractivity contribution in [3.8, 4) is 5.75 Å². The van der Waals surface area contributed by atoms with Crippen molar-refractivity contribution in [1.82, 2.24) is 9.80 Å². The van der Waals surface area contributed by atoms with Crippen LogP contribution >= 0.6 is 0 Å². The third kappa shape index (κ3) is 3.82. The predicted molar refractivity (Wildman–Crippen MR) is 131 cm³/mol. The Hall–Kier alpha value is -1.06. The van der Waals surface area contributed by atoms with E-state index in [1.165, 1.54) is 96.9 Å². The van der Waals surface area contributed by atoms with Crippen LogP contribution in [-0.2, 0) is 6.42 Å². The van der Waals surface area contributed by atoms with Crippen molar-refractivity contribution in [2.45, 2.75) is 89.5 Å². The summed E-state index contributed by atoms with van der Waals surface area (Å²) in [6.45, 7) is 10.1. The van der Waals surface area contributed by atoms with Crippen molar-refractivity contribution >= 4 is 0 Å². The number of benzene rings is 1. The van der Waals surface area contributed by atoms with E-state index in [1.54, 1.807) is 11.1 Å². The minimum Gasteiger partial charge on any atom is -0.494 e. The predicted octanol–water partition coefficient (Wildman–Crippen LogP) is 5.87. The lowest BCUT2D eigenvalue weighted by Gasteiger charge is -2.52. The van der Waals surface area contributed by atoms with Gasteiger partial charge in [-0.2, -0.15) is 0 Å². The van der Waals surface area contributed by atoms with E-state index in [0.717, 1.165) is 42.6 Å². The van der Waals surface area contributed by atoms with Gasteiger partial charge in [-0.1, -0.05) is 13.0 Å². The standard InChI is InChI=1S/C29H44N2O/c1-29-14-13-25-24-10-8-23(32-20-6-17-30-15-2-3-16-30)21-22(24)7-9-26(25)27(29)11-12-28(29)31-18-4-5-19-31/h8,10,21,25-28H,2-7,9,11-20H2,1H3/t25-,26-,27+,28?,29-/m1/s1. The Morgan fingerprint density at radius 2 is 1.78 bits per heavy atom. The summed E-state index contributed by atoms with van der Waals surface area (Å²) in [5.74, 6) is 3.78. The highest BCUT2D eigenvalue weighted by molar-refractivity contribution is 5.40. The second-order valence-electron chi connectivity index (χ2n) is 11.9. The van der Waals surface area contributed by atoms with Crippen molar-refractivity contribution in [3.05, 3.63) is 29.3 Å². The maximum atomic E-state index is 6.19. The highest BCUT2D eigenvalue weighted by atomic mass is 16.5. The van der Waals surface area contributed by atoms with Crippen molar-refractivity contribution in [3.63, 3.8) is 0 Å². The summed E-state index contributed by atoms with van der Waals surface area (Å²) in [5.41, 5.74) is 3.85. The zero-order chi connectivity index (χ0) is 21.5. The van der Waals surface area contributed by atoms with Gasteiger partial charge in [0.1, 0.15) is 5.75 Å². The van der Waals surface area contributed by atoms with Gasteiger partial charge < -0.3 is 9.64 Å². The van der Waals surface area contributed by atoms with Gasteiger partial charge in [-0.15, -0.1) is 0 Å². The van der Waals surface area contributed by atoms with Gasteiger partial charge in [-0.25, -0.2) is 0 Å². The van der Waals surface area contributed by atoms with Crippen LogP contribution in [0.4, 0.5) is 0 Å². The fourth-order valence-corrected chi connectivity index (χ4v) is 8.76. The zero-order valence-electron chi connectivity index (χ0n) is 20.4. The zero-order valence-corrected chi connectivity index (χ0v) is 20.4. The molecule has 6 rings (SSSR count). The van der Waals surface area contributed by atoms with E-state index < -0.39 is 0 Å². The third-order valence-electron chi connectivity index (χ3n) is 10.3. The molecule has 3 heteroatoms. The number of likely N-dealkylation sites (tertiary alicyclic amines) is 2. The largest absolute Gasteiger partial charge is 0.494 e. The maximum Gasteiger partial charge on any atom is 0.119 e. The second kappa shape index (κ2) is 8.95. The van der Waals surface area contributed by atoms with Crippen molar-refractivity contribution in [2.24, 2.45) is 17.3 Å². The molecule has 0 spiro atoms. The highest BCUT2D eigenvalue weighted by Gasteiger charge is 2.56. The third-order valence-corrected chi connectivity index (χ3v) is 10.3. The lowest BCUT2D eigenvalue weighted by atomic mass is 9.55. The number of aryl methyl sites for hydroxylation is 1. The number of hydrogen-bond acceptors (Lipinski definition) is 3. The van der Waals surface area contributed by atoms with Crippen LogP contribution < -0.4 is 4.74 Å². The summed E-state index contributed by atoms with van der Waals surface area (Å²) in [4.78, 5) is 5.47. The molecule has 0 bridgehead atoms. The molecule has 5 atom stereocenters. The van der Waals surface area contributed by atoms with E-state index in [1.807, 2.05) is 0 Å². The Kier molecular flexibility index (Phi) is 6.00. The summed E-state index contributed by atoms with van der Waals surface area (Å²) in [6.07, 6.45) is 15.2. The quantitative estimate of drug-likeness (QED) is 0.519. The first-order chi connectivity index (χ1) is 15.7. The average molecular weight is 437 g/mol. The molecule has 0 amide bonds. The molecule has 5 aliphatic rings. The highest BCUT2D eigenvalue weighted by Crippen LogP contribution is 2.62. The van der Waals surface area contributed by atoms with Crippen molar-refractivity contribution < 1.29 is 4.74 Å². The van der Waals surface area contributed by atoms with Gasteiger partial charge in [0.25, 0.3) is 0 Å². The van der Waals surface area contributed by atoms with Crippen LogP contribution in [0.5, 0.6) is 5.75 Å². The molecule has 32 heavy (non-hydrogen) atoms. The number of ether oxygens (including phenoxy) is 1. The number of hydrogen-bond donors (Lipinski definition) is 0. The molecule has 0 aromatic heterocycles. The molecule has 4 fully saturated rings. The summed E-state index contributed by atoms with van der Waals surface area (Å²) in [7, 11) is 0. The van der Waals surface area contributed by atoms with Gasteiger partial charge >= 0.3 is 0 Å². The lowest BCUT2D eigenvalue weighted by molar-refractivity contribution is 0.00683. The molecule has 1 unspecified atom stereocenters. The molecule has 3 aliphatic carbocycles. The number of nitrogens with zero attached hydrogens (tertiary/aromatic N) is 2. The average Bonchev–Trinajstić information content (AvgIpc) is 3.57. The summed E-state index contributed by atoms with van der Waals surface area (Å²) in [5, 5.41) is 0. The van der Waals surface area contributed by atoms with E-state index in [-0.39, 0.29) is 0 Å². The molecular formula is C29H44N2O. The minimum absolute atomic E-state index is 0.571. The second-order valence-corrected chi connectivity index (χ2v) is 11.9. The molecule has 2 heterocycles. The van der Waals surface area contributed by atoms with Gasteiger partial charge in [0.2, 0.25) is 0 Å². The summed E-state index contributed by atoms with van der Waals surface area (Å²) < 4.78 is 6.19. The van der Waals surface area contributed by atoms with E-state index in [4.69, 9.17) is 4.74 Å². The normalized spacial score (nSPS) is 37.3. The molecular weight excluding hydrogens is 392 g/mol. The van der Waals surface area contributed by atoms with Gasteiger partial charge in [0.05, 0.1) is 6.61 Å². The molecule has 1 aromatic carbocycles. The van der Waals surface area contributed by atoms with Crippen molar-refractivity contribution in [1.29, 1.82) is 0 Å². The Morgan fingerprint density at radius 1 is 0.969 bits per heavy atom. The van der Waals surface area contributed by atoms with E-state index in [0.29, 0.717) is 5.41 Å². The Morgan fingerprint density at radius 3 is 2.62 bits per heavy atom. The number of fused-ring (bicyclic) bond motifs is 5. The lowest BCUT2D eigenvalue weighted by Crippen LogP contribution is -2.49. The maximum absolute atomic E-state index is 6.19. The molecule has 176 valence electrons. The van der Waals surface area contributed by atoms with E-state index in [2.05, 4.69) is 34.9 Å². The smallest absolute Gasteiger partial charge is 0.119 e. The van der Waals surface area contributed by atoms with Gasteiger partial charge in [0, 0.05) is 12.6 Å². The van der Waals surface area contributed by atoms with Crippen LogP contribution in [-0.4, -0.2) is 55.2 Å². The molecule has 2 aliphatic heterocycles. The van der Waals surface area contributed by atoms with Crippen LogP contribution in [0.25, 0.3) is 0 Å². The SMILES string of the molecule is C[C@@]12CC[C@@H]3c4ccc(OCCCN5CCCC5)cc4CC[C@H]3[C@@H]1CCC2N1CCCC1. The molecule has 3 nitrogen and oxygen atoms in total. The van der Waals surface area contributed by atoms with Crippen LogP contribution in [0, 0.1) is 17.3 Å². The number of rotatable bonds is 6. The fourth-order valence-electron chi connectivity index (χ4n) is 8.76. The monoisotopic (exact) mass is 436 g/mol. The van der Waals surface area contributed by atoms with Crippen LogP contribution in [0.1, 0.15) is 88.2 Å². The Bertz CT molecular complexity index is 796. The van der Waals surface area contributed by atoms with E-state index in [9.17, 15) is 0 Å². The molecule has 0 N–H and O–H groups in total. The molecule has 1 aromatic rings. The molecule has 2 saturated heterocycles. The van der Waals surface area contributed by atoms with Crippen LogP contribution in [0.15, 0.2) is 18.2 Å². The Labute approximate surface area is 195 Å².